The summed E-state index contributed by atoms with van der Waals surface area (Å²) < 4.78 is 7.04. The standard InChI is InChI=1S/C25H19BrN2O3/c1-14-10-15(2)23-19(11-14)22(29)20-21(17-5-7-18(26)8-6-17)28(25(30)24(20)31-23)13-16-4-3-9-27-12-16/h3-12,21H,13H2,1-2H3/t21-/m0/s1. The largest absolute Gasteiger partial charge is 0.450 e. The molecule has 0 radical (unpaired) electrons. The van der Waals surface area contributed by atoms with Crippen molar-refractivity contribution >= 4 is 32.8 Å². The molecule has 31 heavy (non-hydrogen) atoms. The zero-order chi connectivity index (χ0) is 21.7. The molecule has 0 unspecified atom stereocenters. The van der Waals surface area contributed by atoms with Gasteiger partial charge in [0.2, 0.25) is 5.76 Å². The predicted molar refractivity (Wildman–Crippen MR) is 122 cm³/mol. The quantitative estimate of drug-likeness (QED) is 0.403. The van der Waals surface area contributed by atoms with Gasteiger partial charge in [0.25, 0.3) is 5.91 Å². The molecule has 1 atom stereocenters. The minimum absolute atomic E-state index is 0.126. The Labute approximate surface area is 187 Å². The second-order valence-electron chi connectivity index (χ2n) is 7.88. The number of pyridine rings is 1. The highest BCUT2D eigenvalue weighted by Crippen LogP contribution is 2.39. The summed E-state index contributed by atoms with van der Waals surface area (Å²) >= 11 is 3.46. The monoisotopic (exact) mass is 474 g/mol. The van der Waals surface area contributed by atoms with Crippen molar-refractivity contribution in [3.05, 3.63) is 109 Å². The molecule has 0 fully saturated rings. The van der Waals surface area contributed by atoms with Crippen LogP contribution in [-0.4, -0.2) is 15.8 Å². The lowest BCUT2D eigenvalue weighted by Gasteiger charge is -2.25. The van der Waals surface area contributed by atoms with Crippen molar-refractivity contribution in [1.82, 2.24) is 9.88 Å². The van der Waals surface area contributed by atoms with Crippen molar-refractivity contribution in [2.75, 3.05) is 0 Å². The van der Waals surface area contributed by atoms with Gasteiger partial charge >= 0.3 is 0 Å². The molecule has 3 heterocycles. The molecule has 0 spiro atoms. The maximum Gasteiger partial charge on any atom is 0.291 e. The van der Waals surface area contributed by atoms with Gasteiger partial charge in [0, 0.05) is 23.4 Å². The molecule has 4 aromatic rings. The van der Waals surface area contributed by atoms with Crippen molar-refractivity contribution in [2.24, 2.45) is 0 Å². The van der Waals surface area contributed by atoms with E-state index >= 15 is 0 Å². The highest BCUT2D eigenvalue weighted by atomic mass is 79.9. The fraction of sp³-hybridized carbons (Fsp3) is 0.160. The highest BCUT2D eigenvalue weighted by Gasteiger charge is 2.42. The van der Waals surface area contributed by atoms with Gasteiger partial charge in [0.15, 0.2) is 5.43 Å². The first-order valence-corrected chi connectivity index (χ1v) is 10.8. The van der Waals surface area contributed by atoms with Crippen LogP contribution in [0.5, 0.6) is 0 Å². The highest BCUT2D eigenvalue weighted by molar-refractivity contribution is 9.10. The van der Waals surface area contributed by atoms with E-state index in [1.54, 1.807) is 17.3 Å². The first-order valence-electron chi connectivity index (χ1n) is 9.97. The maximum absolute atomic E-state index is 13.7. The zero-order valence-corrected chi connectivity index (χ0v) is 18.6. The van der Waals surface area contributed by atoms with Crippen LogP contribution in [0.4, 0.5) is 0 Å². The van der Waals surface area contributed by atoms with Crippen LogP contribution in [0.3, 0.4) is 0 Å². The molecule has 2 aromatic heterocycles. The average molecular weight is 475 g/mol. The van der Waals surface area contributed by atoms with E-state index < -0.39 is 6.04 Å². The van der Waals surface area contributed by atoms with Crippen molar-refractivity contribution in [3.8, 4) is 0 Å². The minimum Gasteiger partial charge on any atom is -0.450 e. The molecule has 0 N–H and O–H groups in total. The van der Waals surface area contributed by atoms with Gasteiger partial charge in [-0.3, -0.25) is 14.6 Å². The number of halogens is 1. The summed E-state index contributed by atoms with van der Waals surface area (Å²) in [7, 11) is 0. The van der Waals surface area contributed by atoms with Gasteiger partial charge in [-0.25, -0.2) is 0 Å². The molecule has 0 saturated carbocycles. The molecular weight excluding hydrogens is 456 g/mol. The third-order valence-corrected chi connectivity index (χ3v) is 6.19. The van der Waals surface area contributed by atoms with Crippen molar-refractivity contribution in [2.45, 2.75) is 26.4 Å². The lowest BCUT2D eigenvalue weighted by atomic mass is 9.97. The van der Waals surface area contributed by atoms with E-state index in [-0.39, 0.29) is 17.1 Å². The fourth-order valence-corrected chi connectivity index (χ4v) is 4.58. The van der Waals surface area contributed by atoms with Gasteiger partial charge in [-0.05, 0) is 60.4 Å². The first kappa shape index (κ1) is 19.7. The lowest BCUT2D eigenvalue weighted by Crippen LogP contribution is -2.29. The van der Waals surface area contributed by atoms with Crippen LogP contribution in [0, 0.1) is 13.8 Å². The summed E-state index contributed by atoms with van der Waals surface area (Å²) in [6.07, 6.45) is 3.42. The summed E-state index contributed by atoms with van der Waals surface area (Å²) in [4.78, 5) is 33.0. The Morgan fingerprint density at radius 1 is 1.10 bits per heavy atom. The molecule has 154 valence electrons. The molecule has 0 bridgehead atoms. The molecule has 1 aliphatic rings. The van der Waals surface area contributed by atoms with Gasteiger partial charge in [-0.1, -0.05) is 40.2 Å². The summed E-state index contributed by atoms with van der Waals surface area (Å²) in [5.41, 5.74) is 4.28. The van der Waals surface area contributed by atoms with Gasteiger partial charge in [0.1, 0.15) is 5.58 Å². The number of rotatable bonds is 3. The van der Waals surface area contributed by atoms with E-state index in [1.165, 1.54) is 0 Å². The maximum atomic E-state index is 13.7. The van der Waals surface area contributed by atoms with Gasteiger partial charge in [-0.15, -0.1) is 0 Å². The van der Waals surface area contributed by atoms with Crippen LogP contribution in [0.15, 0.2) is 74.6 Å². The number of aryl methyl sites for hydroxylation is 2. The van der Waals surface area contributed by atoms with E-state index in [0.717, 1.165) is 26.7 Å². The van der Waals surface area contributed by atoms with E-state index in [9.17, 15) is 9.59 Å². The summed E-state index contributed by atoms with van der Waals surface area (Å²) in [5.74, 6) is -0.160. The van der Waals surface area contributed by atoms with Gasteiger partial charge < -0.3 is 9.32 Å². The molecule has 1 amide bonds. The van der Waals surface area contributed by atoms with Crippen LogP contribution in [-0.2, 0) is 6.54 Å². The van der Waals surface area contributed by atoms with E-state index in [1.807, 2.05) is 62.4 Å². The Kier molecular flexibility index (Phi) is 4.74. The Hall–Kier alpha value is -3.25. The van der Waals surface area contributed by atoms with Crippen LogP contribution < -0.4 is 5.43 Å². The first-order chi connectivity index (χ1) is 14.9. The van der Waals surface area contributed by atoms with Crippen molar-refractivity contribution in [1.29, 1.82) is 0 Å². The fourth-order valence-electron chi connectivity index (χ4n) is 4.32. The SMILES string of the molecule is Cc1cc(C)c2oc3c(c(=O)c2c1)[C@H](c1ccc(Br)cc1)N(Cc1cccnc1)C3=O. The third kappa shape index (κ3) is 3.27. The molecule has 2 aromatic carbocycles. The molecule has 0 saturated heterocycles. The van der Waals surface area contributed by atoms with Crippen LogP contribution in [0.25, 0.3) is 11.0 Å². The van der Waals surface area contributed by atoms with E-state index in [2.05, 4.69) is 20.9 Å². The molecule has 1 aliphatic heterocycles. The number of hydrogen-bond donors (Lipinski definition) is 0. The van der Waals surface area contributed by atoms with E-state index in [0.29, 0.717) is 23.1 Å². The van der Waals surface area contributed by atoms with Gasteiger partial charge in [-0.2, -0.15) is 0 Å². The number of amides is 1. The molecular formula is C25H19BrN2O3. The smallest absolute Gasteiger partial charge is 0.291 e. The van der Waals surface area contributed by atoms with Crippen molar-refractivity contribution < 1.29 is 9.21 Å². The number of hydrogen-bond acceptors (Lipinski definition) is 4. The van der Waals surface area contributed by atoms with Crippen LogP contribution in [0.1, 0.15) is 44.4 Å². The Morgan fingerprint density at radius 2 is 1.87 bits per heavy atom. The summed E-state index contributed by atoms with van der Waals surface area (Å²) in [6.45, 7) is 4.17. The molecule has 0 aliphatic carbocycles. The number of carbonyl (C=O) groups excluding carboxylic acids is 1. The Morgan fingerprint density at radius 3 is 2.58 bits per heavy atom. The number of carbonyl (C=O) groups is 1. The number of nitrogens with zero attached hydrogens (tertiary/aromatic N) is 2. The second-order valence-corrected chi connectivity index (χ2v) is 8.80. The number of fused-ring (bicyclic) bond motifs is 2. The Bertz CT molecular complexity index is 1380. The van der Waals surface area contributed by atoms with Crippen LogP contribution >= 0.6 is 15.9 Å². The number of aromatic nitrogens is 1. The molecule has 6 heteroatoms. The van der Waals surface area contributed by atoms with Crippen LogP contribution in [0.2, 0.25) is 0 Å². The second kappa shape index (κ2) is 7.46. The summed E-state index contributed by atoms with van der Waals surface area (Å²) in [6, 6.07) is 14.7. The minimum atomic E-state index is -0.530. The molecule has 5 rings (SSSR count). The Balaban J connectivity index is 1.76. The average Bonchev–Trinajstić information content (AvgIpc) is 3.03. The third-order valence-electron chi connectivity index (χ3n) is 5.66. The lowest BCUT2D eigenvalue weighted by molar-refractivity contribution is 0.0714. The predicted octanol–water partition coefficient (Wildman–Crippen LogP) is 5.31. The van der Waals surface area contributed by atoms with E-state index in [4.69, 9.17) is 4.42 Å². The normalized spacial score (nSPS) is 15.5. The summed E-state index contributed by atoms with van der Waals surface area (Å²) in [5, 5.41) is 0.509. The molecule has 5 nitrogen and oxygen atoms in total. The number of benzene rings is 2. The van der Waals surface area contributed by atoms with Crippen molar-refractivity contribution in [3.63, 3.8) is 0 Å². The topological polar surface area (TPSA) is 63.4 Å². The van der Waals surface area contributed by atoms with Gasteiger partial charge in [0.05, 0.1) is 17.0 Å². The zero-order valence-electron chi connectivity index (χ0n) is 17.1.